The maximum absolute atomic E-state index is 6.72. The predicted molar refractivity (Wildman–Crippen MR) is 146 cm³/mol. The Bertz CT molecular complexity index is 512. The van der Waals surface area contributed by atoms with E-state index in [-0.39, 0.29) is 16.2 Å². The molecule has 0 bridgehead atoms. The van der Waals surface area contributed by atoms with Crippen molar-refractivity contribution >= 4 is 25.4 Å². The highest BCUT2D eigenvalue weighted by molar-refractivity contribution is 6.74. The van der Waals surface area contributed by atoms with Gasteiger partial charge in [0.2, 0.25) is 0 Å². The molecule has 0 saturated heterocycles. The number of hydrogen-bond acceptors (Lipinski definition) is 6. The zero-order chi connectivity index (χ0) is 26.0. The second-order valence-electron chi connectivity index (χ2n) is 11.7. The van der Waals surface area contributed by atoms with Gasteiger partial charge in [-0.3, -0.25) is 0 Å². The molecule has 33 heavy (non-hydrogen) atoms. The monoisotopic (exact) mass is 524 g/mol. The summed E-state index contributed by atoms with van der Waals surface area (Å²) in [5, 5.41) is 0.307. The smallest absolute Gasteiger partial charge is 0.414 e. The minimum atomic E-state index is -2.62. The molecule has 0 rings (SSSR count). The van der Waals surface area contributed by atoms with Crippen LogP contribution in [0.25, 0.3) is 0 Å². The van der Waals surface area contributed by atoms with Gasteiger partial charge in [0.1, 0.15) is 0 Å². The molecule has 6 nitrogen and oxygen atoms in total. The molecule has 0 fully saturated rings. The lowest BCUT2D eigenvalue weighted by Crippen LogP contribution is -2.49. The predicted octanol–water partition coefficient (Wildman–Crippen LogP) is 6.85. The van der Waals surface area contributed by atoms with Crippen molar-refractivity contribution in [3.05, 3.63) is 0 Å². The molecular formula is C24H56O6Si3. The molecule has 0 aromatic heterocycles. The summed E-state index contributed by atoms with van der Waals surface area (Å²) in [6.45, 7) is 32.3. The Morgan fingerprint density at radius 1 is 0.636 bits per heavy atom. The zero-order valence-electron chi connectivity index (χ0n) is 24.2. The zero-order valence-corrected chi connectivity index (χ0v) is 27.2. The molecule has 200 valence electrons. The molecule has 0 radical (unpaired) electrons. The van der Waals surface area contributed by atoms with Crippen molar-refractivity contribution in [1.82, 2.24) is 0 Å². The van der Waals surface area contributed by atoms with Gasteiger partial charge in [-0.15, -0.1) is 0 Å². The van der Waals surface area contributed by atoms with E-state index in [2.05, 4.69) is 67.7 Å². The molecular weight excluding hydrogens is 469 g/mol. The minimum absolute atomic E-state index is 0.0623. The Morgan fingerprint density at radius 3 is 1.48 bits per heavy atom. The summed E-state index contributed by atoms with van der Waals surface area (Å²) >= 11 is 0. The van der Waals surface area contributed by atoms with Crippen LogP contribution < -0.4 is 0 Å². The van der Waals surface area contributed by atoms with E-state index in [0.29, 0.717) is 39.6 Å². The summed E-state index contributed by atoms with van der Waals surface area (Å²) in [5.74, 6) is 0. The van der Waals surface area contributed by atoms with Crippen molar-refractivity contribution < 1.29 is 26.9 Å². The van der Waals surface area contributed by atoms with Gasteiger partial charge in [0.25, 0.3) is 0 Å². The third-order valence-electron chi connectivity index (χ3n) is 6.87. The van der Waals surface area contributed by atoms with Gasteiger partial charge in [-0.1, -0.05) is 41.5 Å². The van der Waals surface area contributed by atoms with E-state index < -0.39 is 25.4 Å². The Labute approximate surface area is 209 Å². The number of hydrogen-bond donors (Lipinski definition) is 0. The lowest BCUT2D eigenvalue weighted by Gasteiger charge is -2.41. The van der Waals surface area contributed by atoms with E-state index in [4.69, 9.17) is 26.9 Å². The average Bonchev–Trinajstić information content (AvgIpc) is 2.64. The van der Waals surface area contributed by atoms with Gasteiger partial charge in [-0.25, -0.2) is 0 Å². The van der Waals surface area contributed by atoms with E-state index in [1.165, 1.54) is 0 Å². The van der Waals surface area contributed by atoms with Crippen LogP contribution >= 0.6 is 0 Å². The van der Waals surface area contributed by atoms with Crippen LogP contribution in [0.15, 0.2) is 0 Å². The average molecular weight is 525 g/mol. The molecule has 0 heterocycles. The first-order chi connectivity index (χ1) is 15.0. The Balaban J connectivity index is 5.05. The van der Waals surface area contributed by atoms with Crippen LogP contribution in [-0.4, -0.2) is 71.2 Å². The van der Waals surface area contributed by atoms with Crippen molar-refractivity contribution in [2.45, 2.75) is 117 Å². The lowest BCUT2D eigenvalue weighted by molar-refractivity contribution is 0.0136. The molecule has 0 aromatic carbocycles. The van der Waals surface area contributed by atoms with Crippen LogP contribution in [0, 0.1) is 0 Å². The molecule has 1 atom stereocenters. The van der Waals surface area contributed by atoms with Crippen LogP contribution in [0.5, 0.6) is 0 Å². The quantitative estimate of drug-likeness (QED) is 0.153. The Kier molecular flexibility index (Phi) is 14.4. The molecule has 0 saturated carbocycles. The van der Waals surface area contributed by atoms with Gasteiger partial charge in [-0.2, -0.15) is 0 Å². The van der Waals surface area contributed by atoms with Crippen molar-refractivity contribution in [3.63, 3.8) is 0 Å². The minimum Gasteiger partial charge on any atom is -0.414 e. The molecule has 0 aliphatic rings. The highest BCUT2D eigenvalue weighted by Gasteiger charge is 2.42. The Hall–Kier alpha value is 0.411. The van der Waals surface area contributed by atoms with Crippen LogP contribution in [0.2, 0.25) is 42.3 Å². The fourth-order valence-corrected chi connectivity index (χ4v) is 7.77. The van der Waals surface area contributed by atoms with Crippen LogP contribution in [-0.2, 0) is 26.9 Å². The summed E-state index contributed by atoms with van der Waals surface area (Å²) in [6.07, 6.45) is 0.773. The van der Waals surface area contributed by atoms with E-state index in [1.807, 2.05) is 20.8 Å². The molecule has 0 N–H and O–H groups in total. The topological polar surface area (TPSA) is 55.4 Å². The van der Waals surface area contributed by atoms with Gasteiger partial charge < -0.3 is 26.9 Å². The van der Waals surface area contributed by atoms with Crippen molar-refractivity contribution in [2.24, 2.45) is 0 Å². The fourth-order valence-electron chi connectivity index (χ4n) is 2.83. The van der Waals surface area contributed by atoms with E-state index >= 15 is 0 Å². The fraction of sp³-hybridized carbons (Fsp3) is 1.00. The van der Waals surface area contributed by atoms with Crippen molar-refractivity contribution in [2.75, 3.05) is 39.6 Å². The maximum Gasteiger partial charge on any atom is 0.501 e. The molecule has 9 heteroatoms. The molecule has 0 aromatic rings. The first-order valence-electron chi connectivity index (χ1n) is 12.8. The summed E-state index contributed by atoms with van der Waals surface area (Å²) in [5.41, 5.74) is 0. The molecule has 0 aliphatic heterocycles. The van der Waals surface area contributed by atoms with Crippen LogP contribution in [0.4, 0.5) is 0 Å². The van der Waals surface area contributed by atoms with E-state index in [1.54, 1.807) is 0 Å². The van der Waals surface area contributed by atoms with Gasteiger partial charge in [-0.05, 0) is 63.5 Å². The normalized spacial score (nSPS) is 15.2. The Morgan fingerprint density at radius 2 is 1.09 bits per heavy atom. The van der Waals surface area contributed by atoms with E-state index in [0.717, 1.165) is 12.5 Å². The van der Waals surface area contributed by atoms with Gasteiger partial charge >= 0.3 is 8.80 Å². The number of ether oxygens (including phenoxy) is 1. The van der Waals surface area contributed by atoms with Gasteiger partial charge in [0.05, 0.1) is 19.3 Å². The second kappa shape index (κ2) is 14.2. The second-order valence-corrected chi connectivity index (χ2v) is 24.0. The molecule has 0 spiro atoms. The molecule has 0 aliphatic carbocycles. The highest BCUT2D eigenvalue weighted by Crippen LogP contribution is 2.39. The molecule has 0 amide bonds. The summed E-state index contributed by atoms with van der Waals surface area (Å²) in [7, 11) is -6.42. The number of rotatable bonds is 17. The lowest BCUT2D eigenvalue weighted by atomic mass is 10.2. The summed E-state index contributed by atoms with van der Waals surface area (Å²) in [6, 6.07) is 0.761. The van der Waals surface area contributed by atoms with Gasteiger partial charge in [0.15, 0.2) is 16.6 Å². The van der Waals surface area contributed by atoms with E-state index in [9.17, 15) is 0 Å². The first kappa shape index (κ1) is 33.4. The SMILES string of the molecule is CCO[Si](CCCOCC(CO[Si](C)(C)C(C)(C)C)O[Si](C)(C)C(C)(C)C)(OCC)OCC. The van der Waals surface area contributed by atoms with Crippen LogP contribution in [0.3, 0.4) is 0 Å². The third-order valence-corrected chi connectivity index (χ3v) is 19.1. The largest absolute Gasteiger partial charge is 0.501 e. The highest BCUT2D eigenvalue weighted by atomic mass is 28.4. The maximum atomic E-state index is 6.72. The summed E-state index contributed by atoms with van der Waals surface area (Å²) in [4.78, 5) is 0. The standard InChI is InChI=1S/C24H56O6Si3/c1-14-26-33(27-15-2,28-16-3)19-17-18-25-20-22(30-32(12,13)24(7,8)9)21-29-31(10,11)23(4,5)6/h22H,14-21H2,1-13H3. The summed E-state index contributed by atoms with van der Waals surface area (Å²) < 4.78 is 37.2. The van der Waals surface area contributed by atoms with Crippen molar-refractivity contribution in [3.8, 4) is 0 Å². The van der Waals surface area contributed by atoms with Crippen molar-refractivity contribution in [1.29, 1.82) is 0 Å². The van der Waals surface area contributed by atoms with Crippen LogP contribution in [0.1, 0.15) is 68.7 Å². The first-order valence-corrected chi connectivity index (χ1v) is 20.5. The van der Waals surface area contributed by atoms with Gasteiger partial charge in [0, 0.05) is 32.5 Å². The third kappa shape index (κ3) is 11.8. The molecule has 1 unspecified atom stereocenters.